The van der Waals surface area contributed by atoms with E-state index in [1.165, 1.54) is 12.8 Å². The van der Waals surface area contributed by atoms with Gasteiger partial charge >= 0.3 is 13.8 Å². The fraction of sp³-hybridized carbons (Fsp3) is 0.870. The summed E-state index contributed by atoms with van der Waals surface area (Å²) in [5, 5.41) is 58.4. The molecule has 6 unspecified atom stereocenters. The van der Waals surface area contributed by atoms with Crippen LogP contribution in [0.3, 0.4) is 0 Å². The maximum atomic E-state index is 12.1. The van der Waals surface area contributed by atoms with Crippen LogP contribution in [0.4, 0.5) is 0 Å². The Balaban J connectivity index is 2.19. The van der Waals surface area contributed by atoms with E-state index < -0.39 is 69.7 Å². The summed E-state index contributed by atoms with van der Waals surface area (Å²) in [6.07, 6.45) is 0.754. The molecule has 7 N–H and O–H groups in total. The number of aliphatic hydroxyl groups is 6. The molecular formula is C23H43O12P. The third-order valence-electron chi connectivity index (χ3n) is 5.84. The normalized spacial score (nSPS) is 29.2. The number of unbranched alkanes of at least 4 members (excludes halogenated alkanes) is 7. The van der Waals surface area contributed by atoms with Crippen molar-refractivity contribution in [2.45, 2.75) is 114 Å². The largest absolute Gasteiger partial charge is 0.472 e. The maximum absolute atomic E-state index is 12.1. The molecule has 0 aliphatic heterocycles. The molecule has 1 aliphatic rings. The van der Waals surface area contributed by atoms with Gasteiger partial charge in [0.15, 0.2) is 0 Å². The fourth-order valence-electron chi connectivity index (χ4n) is 3.61. The zero-order chi connectivity index (χ0) is 27.1. The van der Waals surface area contributed by atoms with Gasteiger partial charge in [0.05, 0.1) is 6.61 Å². The second kappa shape index (κ2) is 17.6. The Morgan fingerprint density at radius 3 is 1.97 bits per heavy atom. The van der Waals surface area contributed by atoms with Gasteiger partial charge in [0.2, 0.25) is 0 Å². The van der Waals surface area contributed by atoms with Crippen LogP contribution in [-0.4, -0.2) is 97.4 Å². The highest BCUT2D eigenvalue weighted by atomic mass is 31.2. The van der Waals surface area contributed by atoms with Gasteiger partial charge in [-0.25, -0.2) is 4.57 Å². The maximum Gasteiger partial charge on any atom is 0.472 e. The summed E-state index contributed by atoms with van der Waals surface area (Å²) in [5.74, 6) is -0.522. The van der Waals surface area contributed by atoms with Crippen molar-refractivity contribution in [3.8, 4) is 0 Å². The summed E-state index contributed by atoms with van der Waals surface area (Å²) >= 11 is 0. The van der Waals surface area contributed by atoms with Gasteiger partial charge in [-0.1, -0.05) is 51.2 Å². The van der Waals surface area contributed by atoms with E-state index in [-0.39, 0.29) is 6.42 Å². The molecule has 0 aromatic heterocycles. The number of rotatable bonds is 18. The molecule has 1 rings (SSSR count). The lowest BCUT2D eigenvalue weighted by molar-refractivity contribution is -0.220. The minimum absolute atomic E-state index is 0.181. The molecule has 12 nitrogen and oxygen atoms in total. The highest BCUT2D eigenvalue weighted by Crippen LogP contribution is 2.47. The van der Waals surface area contributed by atoms with Gasteiger partial charge in [0.1, 0.15) is 49.3 Å². The highest BCUT2D eigenvalue weighted by molar-refractivity contribution is 7.47. The first-order chi connectivity index (χ1) is 17.0. The second-order valence-corrected chi connectivity index (χ2v) is 10.5. The zero-order valence-corrected chi connectivity index (χ0v) is 21.7. The Morgan fingerprint density at radius 1 is 0.833 bits per heavy atom. The van der Waals surface area contributed by atoms with Crippen molar-refractivity contribution in [1.82, 2.24) is 0 Å². The number of ether oxygens (including phenoxy) is 1. The van der Waals surface area contributed by atoms with E-state index in [4.69, 9.17) is 4.74 Å². The summed E-state index contributed by atoms with van der Waals surface area (Å²) in [6.45, 7) is 0.906. The second-order valence-electron chi connectivity index (χ2n) is 9.04. The number of hydrogen-bond donors (Lipinski definition) is 7. The van der Waals surface area contributed by atoms with Crippen molar-refractivity contribution in [2.24, 2.45) is 0 Å². The Morgan fingerprint density at radius 2 is 1.36 bits per heavy atom. The Labute approximate surface area is 212 Å². The summed E-state index contributed by atoms with van der Waals surface area (Å²) < 4.78 is 26.2. The van der Waals surface area contributed by atoms with E-state index in [1.54, 1.807) is 0 Å². The zero-order valence-electron chi connectivity index (χ0n) is 20.8. The molecule has 0 spiro atoms. The third kappa shape index (κ3) is 12.6. The average molecular weight is 543 g/mol. The van der Waals surface area contributed by atoms with Crippen molar-refractivity contribution < 1.29 is 58.7 Å². The smallest absolute Gasteiger partial charge is 0.463 e. The molecule has 6 atom stereocenters. The quantitative estimate of drug-likeness (QED) is 0.0553. The molecule has 212 valence electrons. The molecule has 0 heterocycles. The SMILES string of the molecule is CCCC/C=C\CCCCCCCC(=O)OCC(O)COP(=O)(O)OC1C(O)C(O)C(O)C(O)C1O. The molecule has 0 aromatic rings. The monoisotopic (exact) mass is 542 g/mol. The molecule has 1 fully saturated rings. The van der Waals surface area contributed by atoms with Gasteiger partial charge in [-0.3, -0.25) is 13.8 Å². The van der Waals surface area contributed by atoms with E-state index in [9.17, 15) is 44.9 Å². The van der Waals surface area contributed by atoms with Gasteiger partial charge in [-0.15, -0.1) is 0 Å². The third-order valence-corrected chi connectivity index (χ3v) is 6.82. The molecule has 0 aromatic carbocycles. The van der Waals surface area contributed by atoms with Crippen LogP contribution >= 0.6 is 7.82 Å². The van der Waals surface area contributed by atoms with E-state index in [2.05, 4.69) is 28.1 Å². The van der Waals surface area contributed by atoms with Crippen LogP contribution < -0.4 is 0 Å². The minimum Gasteiger partial charge on any atom is -0.463 e. The van der Waals surface area contributed by atoms with Crippen LogP contribution in [0, 0.1) is 0 Å². The molecule has 1 aliphatic carbocycles. The molecule has 0 radical (unpaired) electrons. The Hall–Kier alpha value is -0.920. The van der Waals surface area contributed by atoms with Crippen LogP contribution in [0.5, 0.6) is 0 Å². The summed E-state index contributed by atoms with van der Waals surface area (Å²) in [5.41, 5.74) is 0. The summed E-state index contributed by atoms with van der Waals surface area (Å²) in [7, 11) is -4.98. The van der Waals surface area contributed by atoms with Gasteiger partial charge < -0.3 is 40.3 Å². The first kappa shape index (κ1) is 33.1. The Kier molecular flexibility index (Phi) is 16.2. The molecule has 0 saturated heterocycles. The minimum atomic E-state index is -4.98. The molecular weight excluding hydrogens is 499 g/mol. The number of phosphoric ester groups is 1. The first-order valence-electron chi connectivity index (χ1n) is 12.5. The predicted molar refractivity (Wildman–Crippen MR) is 129 cm³/mol. The van der Waals surface area contributed by atoms with Crippen LogP contribution in [0.25, 0.3) is 0 Å². The van der Waals surface area contributed by atoms with Crippen molar-refractivity contribution in [2.75, 3.05) is 13.2 Å². The number of carbonyl (C=O) groups is 1. The number of esters is 1. The number of hydrogen-bond acceptors (Lipinski definition) is 11. The highest BCUT2D eigenvalue weighted by Gasteiger charge is 2.51. The van der Waals surface area contributed by atoms with E-state index >= 15 is 0 Å². The number of phosphoric acid groups is 1. The predicted octanol–water partition coefficient (Wildman–Crippen LogP) is 0.688. The van der Waals surface area contributed by atoms with Crippen molar-refractivity contribution >= 4 is 13.8 Å². The van der Waals surface area contributed by atoms with Gasteiger partial charge in [-0.05, 0) is 25.7 Å². The molecule has 1 saturated carbocycles. The number of allylic oxidation sites excluding steroid dienone is 2. The van der Waals surface area contributed by atoms with Gasteiger partial charge in [-0.2, -0.15) is 0 Å². The molecule has 0 bridgehead atoms. The van der Waals surface area contributed by atoms with Crippen molar-refractivity contribution in [1.29, 1.82) is 0 Å². The van der Waals surface area contributed by atoms with E-state index in [0.717, 1.165) is 38.5 Å². The van der Waals surface area contributed by atoms with Crippen LogP contribution in [0.1, 0.15) is 71.1 Å². The van der Waals surface area contributed by atoms with E-state index in [1.807, 2.05) is 0 Å². The van der Waals surface area contributed by atoms with Crippen LogP contribution in [0.2, 0.25) is 0 Å². The van der Waals surface area contributed by atoms with Crippen LogP contribution in [0.15, 0.2) is 12.2 Å². The van der Waals surface area contributed by atoms with Gasteiger partial charge in [0.25, 0.3) is 0 Å². The Bertz CT molecular complexity index is 674. The molecule has 0 amide bonds. The average Bonchev–Trinajstić information content (AvgIpc) is 2.85. The first-order valence-corrected chi connectivity index (χ1v) is 14.0. The number of carbonyl (C=O) groups excluding carboxylic acids is 1. The lowest BCUT2D eigenvalue weighted by atomic mass is 9.85. The van der Waals surface area contributed by atoms with Crippen molar-refractivity contribution in [3.05, 3.63) is 12.2 Å². The molecule has 36 heavy (non-hydrogen) atoms. The fourth-order valence-corrected chi connectivity index (χ4v) is 4.59. The van der Waals surface area contributed by atoms with Crippen LogP contribution in [-0.2, 0) is 23.1 Å². The lowest BCUT2D eigenvalue weighted by Crippen LogP contribution is -2.64. The van der Waals surface area contributed by atoms with Crippen molar-refractivity contribution in [3.63, 3.8) is 0 Å². The summed E-state index contributed by atoms with van der Waals surface area (Å²) in [4.78, 5) is 21.6. The van der Waals surface area contributed by atoms with E-state index in [0.29, 0.717) is 6.42 Å². The van der Waals surface area contributed by atoms with Gasteiger partial charge in [0, 0.05) is 6.42 Å². The lowest BCUT2D eigenvalue weighted by Gasteiger charge is -2.41. The topological polar surface area (TPSA) is 203 Å². The number of aliphatic hydroxyl groups excluding tert-OH is 6. The summed E-state index contributed by atoms with van der Waals surface area (Å²) in [6, 6.07) is 0. The standard InChI is InChI=1S/C23H43O12P/c1-2-3-4-5-6-7-8-9-10-11-12-13-17(25)33-14-16(24)15-34-36(31,32)35-23-21(29)19(27)18(26)20(28)22(23)30/h5-6,16,18-24,26-30H,2-4,7-15H2,1H3,(H,31,32)/b6-5-. The molecule has 13 heteroatoms.